The van der Waals surface area contributed by atoms with Crippen LogP contribution in [0.1, 0.15) is 11.1 Å². The van der Waals surface area contributed by atoms with E-state index in [1.54, 1.807) is 20.2 Å². The highest BCUT2D eigenvalue weighted by Crippen LogP contribution is 2.28. The van der Waals surface area contributed by atoms with Gasteiger partial charge in [0.25, 0.3) is 0 Å². The van der Waals surface area contributed by atoms with E-state index in [0.29, 0.717) is 0 Å². The van der Waals surface area contributed by atoms with Crippen LogP contribution in [0.5, 0.6) is 0 Å². The van der Waals surface area contributed by atoms with Crippen LogP contribution < -0.4 is 0 Å². The van der Waals surface area contributed by atoms with Crippen LogP contribution in [-0.2, 0) is 10.8 Å². The molecule has 0 aliphatic carbocycles. The highest BCUT2D eigenvalue weighted by Gasteiger charge is 2.32. The molecular formula is C18H17F5N2OS. The Morgan fingerprint density at radius 3 is 2.30 bits per heavy atom. The van der Waals surface area contributed by atoms with Crippen LogP contribution in [0.25, 0.3) is 0 Å². The molecule has 0 saturated carbocycles. The Morgan fingerprint density at radius 1 is 1.11 bits per heavy atom. The van der Waals surface area contributed by atoms with E-state index >= 15 is 0 Å². The van der Waals surface area contributed by atoms with Gasteiger partial charge in [0.1, 0.15) is 28.9 Å². The molecule has 0 aromatic heterocycles. The van der Waals surface area contributed by atoms with Crippen LogP contribution in [0.4, 0.5) is 27.6 Å². The van der Waals surface area contributed by atoms with Crippen LogP contribution in [-0.4, -0.2) is 41.0 Å². The molecule has 2 aromatic rings. The van der Waals surface area contributed by atoms with E-state index in [1.165, 1.54) is 30.0 Å². The zero-order valence-electron chi connectivity index (χ0n) is 14.8. The first-order valence-electron chi connectivity index (χ1n) is 7.76. The molecule has 9 heteroatoms. The number of nitrogens with zero attached hydrogens (tertiary/aromatic N) is 2. The lowest BCUT2D eigenvalue weighted by Gasteiger charge is -2.17. The summed E-state index contributed by atoms with van der Waals surface area (Å²) in [6, 6.07) is 7.70. The zero-order valence-corrected chi connectivity index (χ0v) is 15.6. The Bertz CT molecular complexity index is 894. The lowest BCUT2D eigenvalue weighted by Crippen LogP contribution is -2.24. The van der Waals surface area contributed by atoms with Crippen molar-refractivity contribution in [2.75, 3.05) is 19.8 Å². The number of aliphatic imine (C=N–C) groups is 1. The lowest BCUT2D eigenvalue weighted by molar-refractivity contribution is -0.105. The van der Waals surface area contributed by atoms with Crippen molar-refractivity contribution in [1.29, 1.82) is 0 Å². The van der Waals surface area contributed by atoms with E-state index in [4.69, 9.17) is 0 Å². The van der Waals surface area contributed by atoms with Crippen molar-refractivity contribution in [3.63, 3.8) is 0 Å². The fraction of sp³-hybridized carbons (Fsp3) is 0.278. The summed E-state index contributed by atoms with van der Waals surface area (Å²) in [7, 11) is 0.733. The Labute approximate surface area is 156 Å². The van der Waals surface area contributed by atoms with Gasteiger partial charge in [-0.1, -0.05) is 12.1 Å². The maximum Gasteiger partial charge on any atom is 0.400 e. The molecule has 2 aromatic carbocycles. The molecule has 0 fully saturated rings. The van der Waals surface area contributed by atoms with Crippen molar-refractivity contribution >= 4 is 22.3 Å². The zero-order chi connectivity index (χ0) is 20.4. The minimum absolute atomic E-state index is 0.0726. The van der Waals surface area contributed by atoms with Gasteiger partial charge >= 0.3 is 6.18 Å². The topological polar surface area (TPSA) is 32.7 Å². The number of benzene rings is 2. The molecule has 0 saturated heterocycles. The van der Waals surface area contributed by atoms with Crippen molar-refractivity contribution in [2.24, 2.45) is 4.99 Å². The smallest absolute Gasteiger partial charge is 0.362 e. The fourth-order valence-corrected chi connectivity index (χ4v) is 3.47. The number of hydrogen-bond acceptors (Lipinski definition) is 2. The molecule has 3 nitrogen and oxygen atoms in total. The summed E-state index contributed by atoms with van der Waals surface area (Å²) < 4.78 is 78.1. The predicted molar refractivity (Wildman–Crippen MR) is 94.8 cm³/mol. The van der Waals surface area contributed by atoms with Gasteiger partial charge in [0.15, 0.2) is 0 Å². The van der Waals surface area contributed by atoms with Crippen molar-refractivity contribution < 1.29 is 26.2 Å². The molecule has 0 bridgehead atoms. The first-order chi connectivity index (χ1) is 12.5. The van der Waals surface area contributed by atoms with Gasteiger partial charge in [-0.25, -0.2) is 13.8 Å². The molecule has 0 spiro atoms. The van der Waals surface area contributed by atoms with Crippen LogP contribution in [0.3, 0.4) is 0 Å². The van der Waals surface area contributed by atoms with Gasteiger partial charge < -0.3 is 4.90 Å². The standard InChI is InChI=1S/C18H17F5N2OS/c1-11-8-14(20)15(9-16(11)27(26)10-18(21,22)23)24-17(25(2)3)12-6-4-5-7-13(12)19/h4-9H,10H2,1-3H3. The van der Waals surface area contributed by atoms with E-state index in [0.717, 1.165) is 12.1 Å². The Morgan fingerprint density at radius 2 is 1.74 bits per heavy atom. The average Bonchev–Trinajstić information content (AvgIpc) is 2.53. The number of aryl methyl sites for hydroxylation is 1. The SMILES string of the molecule is Cc1cc(F)c(N=C(c2ccccc2F)N(C)C)cc1S(=O)CC(F)(F)F. The predicted octanol–water partition coefficient (Wildman–Crippen LogP) is 4.58. The molecule has 0 aliphatic heterocycles. The highest BCUT2D eigenvalue weighted by molar-refractivity contribution is 7.85. The minimum Gasteiger partial charge on any atom is -0.362 e. The second-order valence-electron chi connectivity index (χ2n) is 5.98. The van der Waals surface area contributed by atoms with Crippen LogP contribution >= 0.6 is 0 Å². The first kappa shape index (κ1) is 21.0. The molecule has 1 atom stereocenters. The second kappa shape index (κ2) is 8.16. The van der Waals surface area contributed by atoms with Crippen LogP contribution in [0.2, 0.25) is 0 Å². The molecule has 0 N–H and O–H groups in total. The van der Waals surface area contributed by atoms with E-state index in [-0.39, 0.29) is 27.5 Å². The van der Waals surface area contributed by atoms with Gasteiger partial charge in [-0.3, -0.25) is 4.21 Å². The molecule has 0 aliphatic rings. The van der Waals surface area contributed by atoms with Gasteiger partial charge in [0.05, 0.1) is 16.4 Å². The van der Waals surface area contributed by atoms with Crippen molar-refractivity contribution in [3.8, 4) is 0 Å². The minimum atomic E-state index is -4.63. The number of amidine groups is 1. The lowest BCUT2D eigenvalue weighted by atomic mass is 10.1. The van der Waals surface area contributed by atoms with Gasteiger partial charge in [-0.2, -0.15) is 13.2 Å². The summed E-state index contributed by atoms with van der Waals surface area (Å²) in [6.45, 7) is 1.36. The number of alkyl halides is 3. The van der Waals surface area contributed by atoms with Crippen molar-refractivity contribution in [3.05, 3.63) is 59.2 Å². The van der Waals surface area contributed by atoms with E-state index in [9.17, 15) is 26.2 Å². The molecule has 1 unspecified atom stereocenters. The fourth-order valence-electron chi connectivity index (χ4n) is 2.36. The molecule has 2 rings (SSSR count). The molecular weight excluding hydrogens is 387 g/mol. The quantitative estimate of drug-likeness (QED) is 0.424. The maximum atomic E-state index is 14.3. The maximum absolute atomic E-state index is 14.3. The van der Waals surface area contributed by atoms with E-state index < -0.39 is 34.4 Å². The third kappa shape index (κ3) is 5.35. The molecule has 27 heavy (non-hydrogen) atoms. The number of rotatable bonds is 4. The molecule has 146 valence electrons. The summed E-state index contributed by atoms with van der Waals surface area (Å²) in [6.07, 6.45) is -4.63. The normalized spacial score (nSPS) is 13.6. The van der Waals surface area contributed by atoms with Gasteiger partial charge in [0, 0.05) is 19.0 Å². The summed E-state index contributed by atoms with van der Waals surface area (Å²) in [5.74, 6) is -2.87. The van der Waals surface area contributed by atoms with Gasteiger partial charge in [-0.05, 0) is 36.8 Å². The first-order valence-corrected chi connectivity index (χ1v) is 9.07. The third-order valence-corrected chi connectivity index (χ3v) is 5.07. The second-order valence-corrected chi connectivity index (χ2v) is 7.40. The monoisotopic (exact) mass is 404 g/mol. The van der Waals surface area contributed by atoms with E-state index in [2.05, 4.69) is 4.99 Å². The molecule has 0 amide bonds. The highest BCUT2D eigenvalue weighted by atomic mass is 32.2. The Hall–Kier alpha value is -2.29. The van der Waals surface area contributed by atoms with E-state index in [1.807, 2.05) is 0 Å². The molecule has 0 heterocycles. The van der Waals surface area contributed by atoms with Gasteiger partial charge in [0.2, 0.25) is 0 Å². The summed E-state index contributed by atoms with van der Waals surface area (Å²) >= 11 is 0. The van der Waals surface area contributed by atoms with Crippen molar-refractivity contribution in [2.45, 2.75) is 18.0 Å². The average molecular weight is 404 g/mol. The summed E-state index contributed by atoms with van der Waals surface area (Å²) in [4.78, 5) is 5.36. The summed E-state index contributed by atoms with van der Waals surface area (Å²) in [5, 5.41) is 0. The number of halogens is 5. The van der Waals surface area contributed by atoms with Crippen LogP contribution in [0.15, 0.2) is 46.3 Å². The number of hydrogen-bond donors (Lipinski definition) is 0. The largest absolute Gasteiger partial charge is 0.400 e. The Kier molecular flexibility index (Phi) is 6.35. The Balaban J connectivity index is 2.57. The summed E-state index contributed by atoms with van der Waals surface area (Å²) in [5.41, 5.74) is -0.107. The van der Waals surface area contributed by atoms with Gasteiger partial charge in [-0.15, -0.1) is 0 Å². The van der Waals surface area contributed by atoms with Crippen molar-refractivity contribution in [1.82, 2.24) is 4.90 Å². The molecule has 0 radical (unpaired) electrons. The third-order valence-electron chi connectivity index (χ3n) is 3.55. The van der Waals surface area contributed by atoms with Crippen LogP contribution in [0, 0.1) is 18.6 Å².